The Kier molecular flexibility index (Phi) is 5.36. The number of hydrogen-bond acceptors (Lipinski definition) is 6. The van der Waals surface area contributed by atoms with Crippen molar-refractivity contribution < 1.29 is 17.9 Å². The van der Waals surface area contributed by atoms with Crippen molar-refractivity contribution in [2.75, 3.05) is 18.1 Å². The number of para-hydroxylation sites is 1. The van der Waals surface area contributed by atoms with Crippen LogP contribution in [0.3, 0.4) is 0 Å². The molecule has 3 rings (SSSR count). The number of sulfone groups is 1. The lowest BCUT2D eigenvalue weighted by atomic mass is 10.2. The minimum Gasteiger partial charge on any atom is -0.492 e. The molecule has 2 heterocycles. The summed E-state index contributed by atoms with van der Waals surface area (Å²) in [7, 11) is -3.08. The molecule has 0 saturated carbocycles. The van der Waals surface area contributed by atoms with Crippen LogP contribution >= 0.6 is 0 Å². The standard InChI is InChI=1S/C17H19N3O5S/c21-16-7-6-15(17(22)18-13-8-11-26(23,24)12-13)19-20(16)9-10-25-14-4-2-1-3-5-14/h1-7,13H,8-12H2,(H,18,22)/t13-/m0/s1. The molecule has 1 aliphatic heterocycles. The van der Waals surface area contributed by atoms with Gasteiger partial charge in [-0.3, -0.25) is 9.59 Å². The van der Waals surface area contributed by atoms with Gasteiger partial charge >= 0.3 is 0 Å². The van der Waals surface area contributed by atoms with Crippen molar-refractivity contribution in [2.24, 2.45) is 0 Å². The third-order valence-corrected chi connectivity index (χ3v) is 5.75. The molecule has 1 amide bonds. The molecule has 138 valence electrons. The van der Waals surface area contributed by atoms with Crippen LogP contribution in [-0.2, 0) is 16.4 Å². The molecular weight excluding hydrogens is 358 g/mol. The first-order chi connectivity index (χ1) is 12.4. The largest absolute Gasteiger partial charge is 0.492 e. The van der Waals surface area contributed by atoms with Crippen LogP contribution in [0.25, 0.3) is 0 Å². The highest BCUT2D eigenvalue weighted by atomic mass is 32.2. The first-order valence-electron chi connectivity index (χ1n) is 8.20. The van der Waals surface area contributed by atoms with E-state index in [-0.39, 0.29) is 35.9 Å². The molecule has 8 nitrogen and oxygen atoms in total. The van der Waals surface area contributed by atoms with Crippen molar-refractivity contribution in [2.45, 2.75) is 19.0 Å². The highest BCUT2D eigenvalue weighted by Gasteiger charge is 2.29. The number of nitrogens with one attached hydrogen (secondary N) is 1. The molecule has 2 aromatic rings. The smallest absolute Gasteiger partial charge is 0.271 e. The third-order valence-electron chi connectivity index (χ3n) is 3.98. The quantitative estimate of drug-likeness (QED) is 0.773. The molecule has 1 atom stereocenters. The van der Waals surface area contributed by atoms with Gasteiger partial charge in [-0.2, -0.15) is 5.10 Å². The molecule has 1 saturated heterocycles. The summed E-state index contributed by atoms with van der Waals surface area (Å²) in [5, 5.41) is 6.70. The summed E-state index contributed by atoms with van der Waals surface area (Å²) < 4.78 is 29.6. The second-order valence-electron chi connectivity index (χ2n) is 6.01. The summed E-state index contributed by atoms with van der Waals surface area (Å²) in [5.41, 5.74) is -0.282. The molecule has 1 N–H and O–H groups in total. The average molecular weight is 377 g/mol. The molecule has 0 bridgehead atoms. The van der Waals surface area contributed by atoms with E-state index in [1.807, 2.05) is 18.2 Å². The fourth-order valence-corrected chi connectivity index (χ4v) is 4.34. The van der Waals surface area contributed by atoms with Crippen LogP contribution < -0.4 is 15.6 Å². The average Bonchev–Trinajstić information content (AvgIpc) is 2.96. The lowest BCUT2D eigenvalue weighted by Gasteiger charge is -2.12. The number of nitrogens with zero attached hydrogens (tertiary/aromatic N) is 2. The summed E-state index contributed by atoms with van der Waals surface area (Å²) in [6, 6.07) is 11.3. The van der Waals surface area contributed by atoms with Crippen LogP contribution in [0.15, 0.2) is 47.3 Å². The van der Waals surface area contributed by atoms with E-state index in [2.05, 4.69) is 10.4 Å². The lowest BCUT2D eigenvalue weighted by molar-refractivity contribution is 0.0933. The summed E-state index contributed by atoms with van der Waals surface area (Å²) >= 11 is 0. The first kappa shape index (κ1) is 18.1. The Morgan fingerprint density at radius 2 is 2.00 bits per heavy atom. The van der Waals surface area contributed by atoms with Crippen molar-refractivity contribution in [3.8, 4) is 5.75 Å². The van der Waals surface area contributed by atoms with Gasteiger partial charge in [0.15, 0.2) is 9.84 Å². The number of hydrogen-bond donors (Lipinski definition) is 1. The zero-order valence-corrected chi connectivity index (χ0v) is 14.8. The molecule has 1 aromatic carbocycles. The topological polar surface area (TPSA) is 107 Å². The normalized spacial score (nSPS) is 18.4. The molecular formula is C17H19N3O5S. The molecule has 0 aliphatic carbocycles. The fraction of sp³-hybridized carbons (Fsp3) is 0.353. The molecule has 0 radical (unpaired) electrons. The van der Waals surface area contributed by atoms with Gasteiger partial charge in [-0.15, -0.1) is 0 Å². The van der Waals surface area contributed by atoms with Gasteiger partial charge in [0.2, 0.25) is 0 Å². The Morgan fingerprint density at radius 3 is 2.69 bits per heavy atom. The van der Waals surface area contributed by atoms with E-state index in [9.17, 15) is 18.0 Å². The van der Waals surface area contributed by atoms with Gasteiger partial charge in [-0.05, 0) is 24.6 Å². The number of ether oxygens (including phenoxy) is 1. The molecule has 1 aromatic heterocycles. The van der Waals surface area contributed by atoms with Gasteiger partial charge in [0.05, 0.1) is 18.1 Å². The van der Waals surface area contributed by atoms with E-state index in [1.165, 1.54) is 12.1 Å². The van der Waals surface area contributed by atoms with Crippen LogP contribution in [0, 0.1) is 0 Å². The van der Waals surface area contributed by atoms with Crippen LogP contribution in [0.5, 0.6) is 5.75 Å². The van der Waals surface area contributed by atoms with Gasteiger partial charge in [-0.25, -0.2) is 13.1 Å². The highest BCUT2D eigenvalue weighted by Crippen LogP contribution is 2.11. The van der Waals surface area contributed by atoms with Gasteiger partial charge in [0.1, 0.15) is 18.1 Å². The van der Waals surface area contributed by atoms with E-state index >= 15 is 0 Å². The second-order valence-corrected chi connectivity index (χ2v) is 8.24. The summed E-state index contributed by atoms with van der Waals surface area (Å²) in [6.07, 6.45) is 0.388. The zero-order chi connectivity index (χ0) is 18.6. The van der Waals surface area contributed by atoms with Crippen molar-refractivity contribution >= 4 is 15.7 Å². The van der Waals surface area contributed by atoms with E-state index in [4.69, 9.17) is 4.74 Å². The van der Waals surface area contributed by atoms with Gasteiger partial charge < -0.3 is 10.1 Å². The predicted octanol–water partition coefficient (Wildman–Crippen LogP) is 0.239. The third kappa shape index (κ3) is 4.69. The number of carbonyl (C=O) groups is 1. The number of rotatable bonds is 6. The summed E-state index contributed by atoms with van der Waals surface area (Å²) in [4.78, 5) is 24.2. The summed E-state index contributed by atoms with van der Waals surface area (Å²) in [5.74, 6) is 0.187. The Hall–Kier alpha value is -2.68. The number of amides is 1. The van der Waals surface area contributed by atoms with Crippen molar-refractivity contribution in [1.29, 1.82) is 0 Å². The SMILES string of the molecule is O=C(N[C@H]1CCS(=O)(=O)C1)c1ccc(=O)n(CCOc2ccccc2)n1. The van der Waals surface area contributed by atoms with Crippen LogP contribution in [0.2, 0.25) is 0 Å². The fourth-order valence-electron chi connectivity index (χ4n) is 2.67. The molecule has 1 aliphatic rings. The molecule has 26 heavy (non-hydrogen) atoms. The summed E-state index contributed by atoms with van der Waals surface area (Å²) in [6.45, 7) is 0.412. The van der Waals surface area contributed by atoms with Gasteiger partial charge in [0.25, 0.3) is 11.5 Å². The minimum atomic E-state index is -3.08. The molecule has 9 heteroatoms. The lowest BCUT2D eigenvalue weighted by Crippen LogP contribution is -2.37. The number of benzene rings is 1. The monoisotopic (exact) mass is 377 g/mol. The van der Waals surface area contributed by atoms with Crippen molar-refractivity contribution in [3.63, 3.8) is 0 Å². The zero-order valence-electron chi connectivity index (χ0n) is 14.0. The molecule has 1 fully saturated rings. The van der Waals surface area contributed by atoms with Crippen molar-refractivity contribution in [1.82, 2.24) is 15.1 Å². The first-order valence-corrected chi connectivity index (χ1v) is 10.0. The Labute approximate surface area is 150 Å². The molecule has 0 unspecified atom stereocenters. The highest BCUT2D eigenvalue weighted by molar-refractivity contribution is 7.91. The van der Waals surface area contributed by atoms with E-state index in [0.29, 0.717) is 12.2 Å². The second kappa shape index (κ2) is 7.69. The Bertz CT molecular complexity index is 940. The van der Waals surface area contributed by atoms with Crippen LogP contribution in [0.4, 0.5) is 0 Å². The molecule has 0 spiro atoms. The van der Waals surface area contributed by atoms with Crippen LogP contribution in [-0.4, -0.2) is 48.3 Å². The van der Waals surface area contributed by atoms with E-state index < -0.39 is 21.8 Å². The maximum Gasteiger partial charge on any atom is 0.271 e. The number of carbonyl (C=O) groups excluding carboxylic acids is 1. The predicted molar refractivity (Wildman–Crippen MR) is 95.0 cm³/mol. The van der Waals surface area contributed by atoms with Gasteiger partial charge in [0, 0.05) is 12.1 Å². The van der Waals surface area contributed by atoms with Gasteiger partial charge in [-0.1, -0.05) is 18.2 Å². The van der Waals surface area contributed by atoms with E-state index in [1.54, 1.807) is 12.1 Å². The number of aromatic nitrogens is 2. The minimum absolute atomic E-state index is 0.0635. The maximum absolute atomic E-state index is 12.3. The van der Waals surface area contributed by atoms with E-state index in [0.717, 1.165) is 4.68 Å². The Morgan fingerprint density at radius 1 is 1.23 bits per heavy atom. The Balaban J connectivity index is 1.61. The van der Waals surface area contributed by atoms with Crippen molar-refractivity contribution in [3.05, 3.63) is 58.5 Å². The maximum atomic E-state index is 12.3. The van der Waals surface area contributed by atoms with Crippen LogP contribution in [0.1, 0.15) is 16.9 Å².